The van der Waals surface area contributed by atoms with Gasteiger partial charge < -0.3 is 9.47 Å². The molecule has 2 unspecified atom stereocenters. The van der Waals surface area contributed by atoms with Crippen molar-refractivity contribution < 1.29 is 9.47 Å². The molecule has 0 radical (unpaired) electrons. The van der Waals surface area contributed by atoms with Gasteiger partial charge in [-0.05, 0) is 6.42 Å². The quantitative estimate of drug-likeness (QED) is 0.688. The molecule has 0 aromatic carbocycles. The minimum atomic E-state index is 0.361. The molecule has 0 bridgehead atoms. The number of methoxy groups -OCH3 is 2. The van der Waals surface area contributed by atoms with E-state index in [-0.39, 0.29) is 0 Å². The van der Waals surface area contributed by atoms with E-state index >= 15 is 0 Å². The van der Waals surface area contributed by atoms with Crippen molar-refractivity contribution >= 4 is 0 Å². The molecule has 1 saturated carbocycles. The molecule has 2 nitrogen and oxygen atoms in total. The van der Waals surface area contributed by atoms with Crippen molar-refractivity contribution in [3.05, 3.63) is 0 Å². The second kappa shape index (κ2) is 12.4. The van der Waals surface area contributed by atoms with Gasteiger partial charge in [-0.15, -0.1) is 0 Å². The van der Waals surface area contributed by atoms with Crippen LogP contribution in [-0.2, 0) is 9.47 Å². The van der Waals surface area contributed by atoms with Crippen molar-refractivity contribution in [2.75, 3.05) is 20.8 Å². The predicted molar refractivity (Wildman–Crippen MR) is 74.4 cm³/mol. The maximum atomic E-state index is 5.33. The normalized spacial score (nSPS) is 19.1. The lowest BCUT2D eigenvalue weighted by Gasteiger charge is -2.21. The summed E-state index contributed by atoms with van der Waals surface area (Å²) in [7, 11) is 3.50. The van der Waals surface area contributed by atoms with Crippen molar-refractivity contribution in [3.63, 3.8) is 0 Å². The highest BCUT2D eigenvalue weighted by molar-refractivity contribution is 4.64. The minimum Gasteiger partial charge on any atom is -0.384 e. The van der Waals surface area contributed by atoms with Crippen molar-refractivity contribution in [3.8, 4) is 0 Å². The molecule has 1 rings (SSSR count). The predicted octanol–water partition coefficient (Wildman–Crippen LogP) is 4.42. The van der Waals surface area contributed by atoms with Crippen molar-refractivity contribution in [1.82, 2.24) is 0 Å². The Morgan fingerprint density at radius 1 is 0.941 bits per heavy atom. The van der Waals surface area contributed by atoms with Gasteiger partial charge in [-0.1, -0.05) is 58.8 Å². The van der Waals surface area contributed by atoms with Crippen LogP contribution in [-0.4, -0.2) is 26.9 Å². The van der Waals surface area contributed by atoms with Crippen molar-refractivity contribution in [2.45, 2.75) is 71.3 Å². The first-order chi connectivity index (χ1) is 8.26. The minimum absolute atomic E-state index is 0.361. The maximum Gasteiger partial charge on any atom is 0.0618 e. The summed E-state index contributed by atoms with van der Waals surface area (Å²) in [6.07, 6.45) is 11.7. The van der Waals surface area contributed by atoms with Crippen LogP contribution in [0.2, 0.25) is 0 Å². The van der Waals surface area contributed by atoms with Crippen LogP contribution < -0.4 is 0 Å². The van der Waals surface area contributed by atoms with Gasteiger partial charge in [-0.3, -0.25) is 0 Å². The van der Waals surface area contributed by atoms with Crippen LogP contribution in [0.25, 0.3) is 0 Å². The molecule has 1 fully saturated rings. The topological polar surface area (TPSA) is 18.5 Å². The van der Waals surface area contributed by atoms with Gasteiger partial charge >= 0.3 is 0 Å². The third-order valence-electron chi connectivity index (χ3n) is 3.44. The molecule has 0 amide bonds. The Morgan fingerprint density at radius 2 is 1.41 bits per heavy atom. The third-order valence-corrected chi connectivity index (χ3v) is 3.44. The standard InChI is InChI=1S/C9H20O2.C6H12/c1-5-6-9(11-4)8(2)7-10-3;1-2-4-6-5-3-1/h8-9H,5-7H2,1-4H3;1-6H2. The molecule has 2 atom stereocenters. The third kappa shape index (κ3) is 9.61. The van der Waals surface area contributed by atoms with E-state index in [0.29, 0.717) is 12.0 Å². The lowest BCUT2D eigenvalue weighted by Crippen LogP contribution is -2.23. The summed E-state index contributed by atoms with van der Waals surface area (Å²) in [5.41, 5.74) is 0. The summed E-state index contributed by atoms with van der Waals surface area (Å²) < 4.78 is 10.4. The van der Waals surface area contributed by atoms with E-state index in [9.17, 15) is 0 Å². The van der Waals surface area contributed by atoms with Crippen molar-refractivity contribution in [2.24, 2.45) is 5.92 Å². The van der Waals surface area contributed by atoms with Crippen LogP contribution >= 0.6 is 0 Å². The SMILES string of the molecule is C1CCCCC1.CCCC(OC)C(C)COC. The Hall–Kier alpha value is -0.0800. The first-order valence-electron chi connectivity index (χ1n) is 7.28. The van der Waals surface area contributed by atoms with Crippen LogP contribution in [0.5, 0.6) is 0 Å². The highest BCUT2D eigenvalue weighted by atomic mass is 16.5. The van der Waals surface area contributed by atoms with Crippen LogP contribution in [0.3, 0.4) is 0 Å². The lowest BCUT2D eigenvalue weighted by atomic mass is 10.0. The summed E-state index contributed by atoms with van der Waals surface area (Å²) in [6.45, 7) is 5.12. The molecule has 1 aliphatic rings. The molecule has 2 heteroatoms. The van der Waals surface area contributed by atoms with E-state index in [1.807, 2.05) is 0 Å². The molecule has 0 aromatic rings. The van der Waals surface area contributed by atoms with Gasteiger partial charge in [0.2, 0.25) is 0 Å². The van der Waals surface area contributed by atoms with E-state index in [0.717, 1.165) is 13.0 Å². The van der Waals surface area contributed by atoms with Crippen LogP contribution in [0.15, 0.2) is 0 Å². The molecule has 17 heavy (non-hydrogen) atoms. The van der Waals surface area contributed by atoms with E-state index < -0.39 is 0 Å². The van der Waals surface area contributed by atoms with Gasteiger partial charge in [0.25, 0.3) is 0 Å². The van der Waals surface area contributed by atoms with Crippen molar-refractivity contribution in [1.29, 1.82) is 0 Å². The maximum absolute atomic E-state index is 5.33. The Morgan fingerprint density at radius 3 is 1.71 bits per heavy atom. The van der Waals surface area contributed by atoms with E-state index in [1.54, 1.807) is 14.2 Å². The number of ether oxygens (including phenoxy) is 2. The highest BCUT2D eigenvalue weighted by Gasteiger charge is 2.14. The fourth-order valence-electron chi connectivity index (χ4n) is 2.35. The van der Waals surface area contributed by atoms with E-state index in [2.05, 4.69) is 13.8 Å². The molecule has 1 aliphatic carbocycles. The average molecular weight is 244 g/mol. The van der Waals surface area contributed by atoms with E-state index in [4.69, 9.17) is 9.47 Å². The smallest absolute Gasteiger partial charge is 0.0618 e. The largest absolute Gasteiger partial charge is 0.384 e. The van der Waals surface area contributed by atoms with Crippen LogP contribution in [0, 0.1) is 5.92 Å². The first kappa shape index (κ1) is 16.9. The zero-order valence-electron chi connectivity index (χ0n) is 12.3. The highest BCUT2D eigenvalue weighted by Crippen LogP contribution is 2.15. The molecule has 0 saturated heterocycles. The molecule has 0 aromatic heterocycles. The second-order valence-electron chi connectivity index (χ2n) is 5.12. The van der Waals surface area contributed by atoms with Gasteiger partial charge in [0.1, 0.15) is 0 Å². The van der Waals surface area contributed by atoms with Crippen LogP contribution in [0.1, 0.15) is 65.2 Å². The number of hydrogen-bond donors (Lipinski definition) is 0. The summed E-state index contributed by atoms with van der Waals surface area (Å²) in [5.74, 6) is 0.505. The van der Waals surface area contributed by atoms with E-state index in [1.165, 1.54) is 44.9 Å². The molecule has 0 spiro atoms. The molecule has 104 valence electrons. The monoisotopic (exact) mass is 244 g/mol. The molecular weight excluding hydrogens is 212 g/mol. The Balaban J connectivity index is 0.000000354. The molecule has 0 heterocycles. The zero-order chi connectivity index (χ0) is 12.9. The molecule has 0 aliphatic heterocycles. The summed E-state index contributed by atoms with van der Waals surface area (Å²) in [5, 5.41) is 0. The summed E-state index contributed by atoms with van der Waals surface area (Å²) in [6, 6.07) is 0. The molecule has 0 N–H and O–H groups in total. The lowest BCUT2D eigenvalue weighted by molar-refractivity contribution is 0.0167. The van der Waals surface area contributed by atoms with Gasteiger partial charge in [-0.2, -0.15) is 0 Å². The number of hydrogen-bond acceptors (Lipinski definition) is 2. The summed E-state index contributed by atoms with van der Waals surface area (Å²) >= 11 is 0. The van der Waals surface area contributed by atoms with Crippen LogP contribution in [0.4, 0.5) is 0 Å². The Bertz CT molecular complexity index is 132. The molecular formula is C15H32O2. The Labute approximate surface area is 108 Å². The average Bonchev–Trinajstić information content (AvgIpc) is 2.39. The van der Waals surface area contributed by atoms with Gasteiger partial charge in [0, 0.05) is 20.1 Å². The fraction of sp³-hybridized carbons (Fsp3) is 1.00. The first-order valence-corrected chi connectivity index (χ1v) is 7.28. The van der Waals surface area contributed by atoms with Gasteiger partial charge in [0.15, 0.2) is 0 Å². The Kier molecular flexibility index (Phi) is 12.3. The number of rotatable bonds is 6. The van der Waals surface area contributed by atoms with Gasteiger partial charge in [0.05, 0.1) is 12.7 Å². The summed E-state index contributed by atoms with van der Waals surface area (Å²) in [4.78, 5) is 0. The second-order valence-corrected chi connectivity index (χ2v) is 5.12. The fourth-order valence-corrected chi connectivity index (χ4v) is 2.35. The zero-order valence-corrected chi connectivity index (χ0v) is 12.3. The van der Waals surface area contributed by atoms with Gasteiger partial charge in [-0.25, -0.2) is 0 Å².